The predicted octanol–water partition coefficient (Wildman–Crippen LogP) is 5.68. The minimum absolute atomic E-state index is 0.125. The number of Topliss-reactive ketones (excluding diaryl/α,β-unsaturated/α-hetero) is 1. The summed E-state index contributed by atoms with van der Waals surface area (Å²) in [5.41, 5.74) is 3.71. The minimum Gasteiger partial charge on any atom is -0.367 e. The van der Waals surface area contributed by atoms with Gasteiger partial charge in [-0.1, -0.05) is 12.1 Å². The van der Waals surface area contributed by atoms with Gasteiger partial charge in [0.1, 0.15) is 5.82 Å². The molecule has 2 aromatic rings. The van der Waals surface area contributed by atoms with E-state index < -0.39 is 0 Å². The SMILES string of the molecule is CSc1cc(F)ccc1C(=O)CCCN1CC[C@@H]2[C@H](C1)c1cccc3c1N2CCCS3. The van der Waals surface area contributed by atoms with E-state index >= 15 is 0 Å². The Bertz CT molecular complexity index is 982. The molecule has 1 saturated heterocycles. The summed E-state index contributed by atoms with van der Waals surface area (Å²) in [5, 5.41) is 0. The van der Waals surface area contributed by atoms with Crippen LogP contribution in [0.2, 0.25) is 0 Å². The Morgan fingerprint density at radius 1 is 1.26 bits per heavy atom. The van der Waals surface area contributed by atoms with Gasteiger partial charge in [-0.3, -0.25) is 4.79 Å². The number of hydrogen-bond donors (Lipinski definition) is 0. The number of likely N-dealkylation sites (tertiary alicyclic amines) is 1. The van der Waals surface area contributed by atoms with Crippen molar-refractivity contribution in [2.75, 3.05) is 43.1 Å². The number of para-hydroxylation sites is 1. The van der Waals surface area contributed by atoms with Crippen LogP contribution in [-0.4, -0.2) is 54.9 Å². The van der Waals surface area contributed by atoms with Gasteiger partial charge in [-0.05, 0) is 67.6 Å². The van der Waals surface area contributed by atoms with Gasteiger partial charge in [0, 0.05) is 53.4 Å². The number of halogens is 1. The van der Waals surface area contributed by atoms with Crippen molar-refractivity contribution in [3.8, 4) is 0 Å². The molecule has 2 atom stereocenters. The Labute approximate surface area is 192 Å². The van der Waals surface area contributed by atoms with Crippen LogP contribution in [0.3, 0.4) is 0 Å². The van der Waals surface area contributed by atoms with Gasteiger partial charge in [0.25, 0.3) is 0 Å². The average Bonchev–Trinajstić information content (AvgIpc) is 2.94. The molecule has 0 saturated carbocycles. The number of thioether (sulfide) groups is 2. The summed E-state index contributed by atoms with van der Waals surface area (Å²) in [6.07, 6.45) is 5.73. The van der Waals surface area contributed by atoms with Crippen molar-refractivity contribution in [2.24, 2.45) is 0 Å². The number of hydrogen-bond acceptors (Lipinski definition) is 5. The number of fused-ring (bicyclic) bond motifs is 3. The number of anilines is 1. The summed E-state index contributed by atoms with van der Waals surface area (Å²) in [6.45, 7) is 4.33. The van der Waals surface area contributed by atoms with Gasteiger partial charge in [-0.15, -0.1) is 23.5 Å². The molecular formula is C25H29FN2OS2. The molecule has 0 aliphatic carbocycles. The molecular weight excluding hydrogens is 427 g/mol. The van der Waals surface area contributed by atoms with Crippen LogP contribution in [0.4, 0.5) is 10.1 Å². The first-order chi connectivity index (χ1) is 15.2. The van der Waals surface area contributed by atoms with E-state index in [2.05, 4.69) is 28.0 Å². The summed E-state index contributed by atoms with van der Waals surface area (Å²) in [6, 6.07) is 12.0. The highest BCUT2D eigenvalue weighted by atomic mass is 32.2. The monoisotopic (exact) mass is 456 g/mol. The fraction of sp³-hybridized carbons (Fsp3) is 0.480. The van der Waals surface area contributed by atoms with Crippen LogP contribution >= 0.6 is 23.5 Å². The maximum absolute atomic E-state index is 13.5. The third kappa shape index (κ3) is 4.14. The maximum Gasteiger partial charge on any atom is 0.164 e. The number of nitrogens with zero attached hydrogens (tertiary/aromatic N) is 2. The lowest BCUT2D eigenvalue weighted by Crippen LogP contribution is -2.46. The third-order valence-corrected chi connectivity index (χ3v) is 8.83. The highest BCUT2D eigenvalue weighted by Gasteiger charge is 2.43. The van der Waals surface area contributed by atoms with E-state index in [-0.39, 0.29) is 11.6 Å². The molecule has 3 aliphatic rings. The van der Waals surface area contributed by atoms with Gasteiger partial charge in [-0.2, -0.15) is 0 Å². The molecule has 0 N–H and O–H groups in total. The summed E-state index contributed by atoms with van der Waals surface area (Å²) in [7, 11) is 0. The van der Waals surface area contributed by atoms with Crippen molar-refractivity contribution < 1.29 is 9.18 Å². The Kier molecular flexibility index (Phi) is 6.31. The quantitative estimate of drug-likeness (QED) is 0.411. The minimum atomic E-state index is -0.282. The molecule has 6 heteroatoms. The number of benzene rings is 2. The normalized spacial score (nSPS) is 22.7. The van der Waals surface area contributed by atoms with Crippen LogP contribution in [-0.2, 0) is 0 Å². The van der Waals surface area contributed by atoms with Crippen LogP contribution in [0, 0.1) is 5.82 Å². The Morgan fingerprint density at radius 2 is 2.16 bits per heavy atom. The highest BCUT2D eigenvalue weighted by molar-refractivity contribution is 7.99. The number of rotatable bonds is 6. The zero-order valence-corrected chi connectivity index (χ0v) is 19.6. The Hall–Kier alpha value is -1.50. The van der Waals surface area contributed by atoms with Crippen LogP contribution in [0.5, 0.6) is 0 Å². The Morgan fingerprint density at radius 3 is 3.03 bits per heavy atom. The van der Waals surface area contributed by atoms with Crippen molar-refractivity contribution in [1.29, 1.82) is 0 Å². The van der Waals surface area contributed by atoms with Crippen LogP contribution in [0.25, 0.3) is 0 Å². The average molecular weight is 457 g/mol. The van der Waals surface area contributed by atoms with E-state index in [1.807, 2.05) is 18.0 Å². The molecule has 1 fully saturated rings. The summed E-state index contributed by atoms with van der Waals surface area (Å²) in [4.78, 5) is 20.2. The van der Waals surface area contributed by atoms with Crippen molar-refractivity contribution in [3.63, 3.8) is 0 Å². The molecule has 164 valence electrons. The lowest BCUT2D eigenvalue weighted by Gasteiger charge is -2.39. The van der Waals surface area contributed by atoms with Gasteiger partial charge in [0.2, 0.25) is 0 Å². The second-order valence-electron chi connectivity index (χ2n) is 8.72. The summed E-state index contributed by atoms with van der Waals surface area (Å²) in [5.74, 6) is 1.64. The van der Waals surface area contributed by atoms with E-state index in [0.29, 0.717) is 23.9 Å². The number of carbonyl (C=O) groups is 1. The summed E-state index contributed by atoms with van der Waals surface area (Å²) >= 11 is 3.45. The van der Waals surface area contributed by atoms with E-state index in [9.17, 15) is 9.18 Å². The van der Waals surface area contributed by atoms with Crippen molar-refractivity contribution >= 4 is 35.0 Å². The van der Waals surface area contributed by atoms with Gasteiger partial charge in [0.05, 0.1) is 5.69 Å². The van der Waals surface area contributed by atoms with Crippen molar-refractivity contribution in [2.45, 2.75) is 47.4 Å². The largest absolute Gasteiger partial charge is 0.367 e. The molecule has 31 heavy (non-hydrogen) atoms. The van der Waals surface area contributed by atoms with Crippen molar-refractivity contribution in [3.05, 3.63) is 53.3 Å². The maximum atomic E-state index is 13.5. The lowest BCUT2D eigenvalue weighted by atomic mass is 9.89. The standard InChI is InChI=1S/C25H29FN2OS2/c1-30-24-15-17(26)8-9-19(24)22(29)6-3-11-27-13-10-21-20(16-27)18-5-2-7-23-25(18)28(21)12-4-14-31-23/h2,5,7-9,15,20-21H,3-4,6,10-14,16H2,1H3/t20-,21-/m1/s1. The van der Waals surface area contributed by atoms with Gasteiger partial charge in [0.15, 0.2) is 5.78 Å². The smallest absolute Gasteiger partial charge is 0.164 e. The molecule has 0 radical (unpaired) electrons. The fourth-order valence-electron chi connectivity index (χ4n) is 5.51. The molecule has 3 nitrogen and oxygen atoms in total. The van der Waals surface area contributed by atoms with E-state index in [0.717, 1.165) is 31.0 Å². The predicted molar refractivity (Wildman–Crippen MR) is 128 cm³/mol. The zero-order chi connectivity index (χ0) is 21.4. The van der Waals surface area contributed by atoms with E-state index in [1.54, 1.807) is 6.07 Å². The van der Waals surface area contributed by atoms with Crippen molar-refractivity contribution in [1.82, 2.24) is 4.90 Å². The van der Waals surface area contributed by atoms with Crippen LogP contribution in [0.15, 0.2) is 46.2 Å². The number of piperidine rings is 1. The topological polar surface area (TPSA) is 23.6 Å². The van der Waals surface area contributed by atoms with E-state index in [4.69, 9.17) is 0 Å². The molecule has 5 rings (SSSR count). The molecule has 0 amide bonds. The first-order valence-electron chi connectivity index (χ1n) is 11.3. The molecule has 0 aromatic heterocycles. The highest BCUT2D eigenvalue weighted by Crippen LogP contribution is 2.50. The van der Waals surface area contributed by atoms with Crippen LogP contribution in [0.1, 0.15) is 47.5 Å². The molecule has 0 unspecified atom stereocenters. The van der Waals surface area contributed by atoms with E-state index in [1.165, 1.54) is 65.2 Å². The Balaban J connectivity index is 1.22. The van der Waals surface area contributed by atoms with Crippen LogP contribution < -0.4 is 4.90 Å². The second kappa shape index (κ2) is 9.16. The molecule has 0 bridgehead atoms. The van der Waals surface area contributed by atoms with Gasteiger partial charge in [-0.25, -0.2) is 4.39 Å². The lowest BCUT2D eigenvalue weighted by molar-refractivity contribution is 0.0968. The van der Waals surface area contributed by atoms with Gasteiger partial charge < -0.3 is 9.80 Å². The zero-order valence-electron chi connectivity index (χ0n) is 18.0. The number of ketones is 1. The molecule has 2 aromatic carbocycles. The van der Waals surface area contributed by atoms with Gasteiger partial charge >= 0.3 is 0 Å². The molecule has 3 heterocycles. The first kappa shape index (κ1) is 21.4. The molecule has 3 aliphatic heterocycles. The molecule has 0 spiro atoms. The number of carbonyl (C=O) groups excluding carboxylic acids is 1. The first-order valence-corrected chi connectivity index (χ1v) is 13.5. The fourth-order valence-corrected chi connectivity index (χ4v) is 7.18. The third-order valence-electron chi connectivity index (χ3n) is 6.92. The second-order valence-corrected chi connectivity index (χ2v) is 10.7. The summed E-state index contributed by atoms with van der Waals surface area (Å²) < 4.78 is 13.5.